The van der Waals surface area contributed by atoms with Gasteiger partial charge in [0, 0.05) is 66.1 Å². The SMILES string of the molecule is COC(=O)c1ccc(-c2c3nc(c(-c4ccc(C(=O)OC)cc4)c4[nH]c(c(-c5ccc(C(=O)OC)cc5)c5nc(c(-c6ccc(C(=O)OC)cc6)c6[nH]c2c2ccccc62)-c2ccccc2-5)c2ccccc42)-c2ccccc2-3)cc1. The van der Waals surface area contributed by atoms with Gasteiger partial charge in [0.05, 0.1) is 95.5 Å². The minimum atomic E-state index is -0.466. The Morgan fingerprint density at radius 1 is 0.287 bits per heavy atom. The molecule has 0 unspecified atom stereocenters. The quantitative estimate of drug-likeness (QED) is 0.111. The van der Waals surface area contributed by atoms with Gasteiger partial charge >= 0.3 is 23.9 Å². The third kappa shape index (κ3) is 7.91. The monoisotopic (exact) mass is 1050 g/mol. The molecule has 8 aromatic carbocycles. The van der Waals surface area contributed by atoms with Crippen molar-refractivity contribution < 1.29 is 38.1 Å². The molecule has 1 aliphatic carbocycles. The fourth-order valence-corrected chi connectivity index (χ4v) is 11.3. The van der Waals surface area contributed by atoms with E-state index in [1.807, 2.05) is 97.1 Å². The molecule has 2 N–H and O–H groups in total. The molecule has 0 saturated heterocycles. The molecule has 12 heteroatoms. The molecule has 0 atom stereocenters. The van der Waals surface area contributed by atoms with Crippen molar-refractivity contribution in [3.8, 4) is 89.5 Å². The predicted molar refractivity (Wildman–Crippen MR) is 312 cm³/mol. The van der Waals surface area contributed by atoms with Crippen LogP contribution in [0.15, 0.2) is 194 Å². The molecule has 4 heterocycles. The molecule has 0 saturated carbocycles. The molecule has 2 aromatic heterocycles. The number of nitrogens with one attached hydrogen (secondary N) is 2. The van der Waals surface area contributed by atoms with E-state index in [2.05, 4.69) is 58.5 Å². The van der Waals surface area contributed by atoms with E-state index in [0.717, 1.165) is 110 Å². The minimum absolute atomic E-state index is 0.384. The summed E-state index contributed by atoms with van der Waals surface area (Å²) in [5.74, 6) is -1.87. The molecule has 0 amide bonds. The highest BCUT2D eigenvalue weighted by Gasteiger charge is 2.30. The van der Waals surface area contributed by atoms with E-state index in [9.17, 15) is 19.2 Å². The number of benzene rings is 8. The van der Waals surface area contributed by atoms with Gasteiger partial charge in [-0.2, -0.15) is 0 Å². The molecule has 10 aromatic rings. The zero-order valence-corrected chi connectivity index (χ0v) is 43.6. The standard InChI is InChI=1S/C68H46N4O8/c1-77-65(73)41-29-21-37(22-30-41)53-57-45-13-5-7-15-47(45)59(69-57)54(38-23-31-42(32-24-38)66(74)78-2)61-49-17-9-11-19-51(49)63(71-61)56(40-27-35-44(36-28-40)68(76)80-4)64-52-20-12-10-18-50(52)62(72-64)55(39-25-33-43(34-26-39)67(75)79-3)60-48-16-8-6-14-46(48)58(53)70-60/h5-36,69,72H,1-4H3. The third-order valence-corrected chi connectivity index (χ3v) is 15.1. The zero-order valence-electron chi connectivity index (χ0n) is 43.6. The van der Waals surface area contributed by atoms with Crippen molar-refractivity contribution in [1.82, 2.24) is 19.9 Å². The summed E-state index contributed by atoms with van der Waals surface area (Å²) >= 11 is 0. The summed E-state index contributed by atoms with van der Waals surface area (Å²) < 4.78 is 20.7. The molecule has 80 heavy (non-hydrogen) atoms. The maximum Gasteiger partial charge on any atom is 0.337 e. The van der Waals surface area contributed by atoms with Crippen molar-refractivity contribution in [1.29, 1.82) is 0 Å². The lowest BCUT2D eigenvalue weighted by Crippen LogP contribution is -2.00. The number of nitrogens with zero attached hydrogens (tertiary/aromatic N) is 2. The van der Waals surface area contributed by atoms with E-state index in [-0.39, 0.29) is 0 Å². The maximum absolute atomic E-state index is 13.0. The summed E-state index contributed by atoms with van der Waals surface area (Å²) in [7, 11) is 5.45. The first kappa shape index (κ1) is 48.9. The first-order valence-corrected chi connectivity index (χ1v) is 25.8. The molecule has 8 bridgehead atoms. The van der Waals surface area contributed by atoms with Gasteiger partial charge in [-0.3, -0.25) is 0 Å². The highest BCUT2D eigenvalue weighted by molar-refractivity contribution is 6.21. The van der Waals surface area contributed by atoms with Gasteiger partial charge in [0.25, 0.3) is 0 Å². The number of aromatic nitrogens is 4. The van der Waals surface area contributed by atoms with Crippen molar-refractivity contribution in [2.75, 3.05) is 28.4 Å². The Labute approximate surface area is 457 Å². The summed E-state index contributed by atoms with van der Waals surface area (Å²) in [6.07, 6.45) is 0. The van der Waals surface area contributed by atoms with Crippen molar-refractivity contribution in [2.24, 2.45) is 0 Å². The number of rotatable bonds is 8. The molecule has 0 radical (unpaired) electrons. The highest BCUT2D eigenvalue weighted by Crippen LogP contribution is 2.52. The molecular weight excluding hydrogens is 1000 g/mol. The second-order valence-corrected chi connectivity index (χ2v) is 19.3. The average Bonchev–Trinajstić information content (AvgIpc) is 4.45. The van der Waals surface area contributed by atoms with Crippen LogP contribution in [0.1, 0.15) is 41.4 Å². The van der Waals surface area contributed by atoms with Gasteiger partial charge in [0.15, 0.2) is 0 Å². The molecule has 0 spiro atoms. The fraction of sp³-hybridized carbons (Fsp3) is 0.0588. The molecule has 0 fully saturated rings. The molecule has 13 rings (SSSR count). The Morgan fingerprint density at radius 2 is 0.487 bits per heavy atom. The van der Waals surface area contributed by atoms with Crippen molar-refractivity contribution in [3.63, 3.8) is 0 Å². The number of hydrogen-bond donors (Lipinski definition) is 2. The maximum atomic E-state index is 13.0. The van der Waals surface area contributed by atoms with Gasteiger partial charge in [-0.15, -0.1) is 0 Å². The largest absolute Gasteiger partial charge is 0.465 e. The van der Waals surface area contributed by atoms with Gasteiger partial charge in [0.2, 0.25) is 0 Å². The summed E-state index contributed by atoms with van der Waals surface area (Å²) in [6.45, 7) is 0. The molecule has 3 aliphatic rings. The van der Waals surface area contributed by atoms with E-state index in [1.54, 1.807) is 48.5 Å². The summed E-state index contributed by atoms with van der Waals surface area (Å²) in [5.41, 5.74) is 16.7. The van der Waals surface area contributed by atoms with Crippen molar-refractivity contribution >= 4 is 67.5 Å². The Balaban J connectivity index is 1.32. The lowest BCUT2D eigenvalue weighted by molar-refractivity contribution is 0.0592. The number of aromatic amines is 2. The van der Waals surface area contributed by atoms with Gasteiger partial charge < -0.3 is 28.9 Å². The number of carbonyl (C=O) groups is 4. The third-order valence-electron chi connectivity index (χ3n) is 15.1. The molecule has 12 nitrogen and oxygen atoms in total. The zero-order chi connectivity index (χ0) is 54.8. The molecular formula is C68H46N4O8. The second-order valence-electron chi connectivity index (χ2n) is 19.3. The van der Waals surface area contributed by atoms with Crippen LogP contribution in [0.2, 0.25) is 0 Å². The summed E-state index contributed by atoms with van der Waals surface area (Å²) in [5, 5.41) is 3.53. The minimum Gasteiger partial charge on any atom is -0.465 e. The van der Waals surface area contributed by atoms with Crippen LogP contribution >= 0.6 is 0 Å². The average molecular weight is 1050 g/mol. The Kier molecular flexibility index (Phi) is 12.0. The van der Waals surface area contributed by atoms with Crippen LogP contribution in [0.4, 0.5) is 0 Å². The lowest BCUT2D eigenvalue weighted by atomic mass is 9.93. The number of methoxy groups -OCH3 is 4. The van der Waals surface area contributed by atoms with Crippen molar-refractivity contribution in [2.45, 2.75) is 0 Å². The predicted octanol–water partition coefficient (Wildman–Crippen LogP) is 15.1. The number of carbonyl (C=O) groups excluding carboxylic acids is 4. The number of hydrogen-bond acceptors (Lipinski definition) is 10. The van der Waals surface area contributed by atoms with Crippen LogP contribution in [-0.2, 0) is 18.9 Å². The van der Waals surface area contributed by atoms with Crippen LogP contribution < -0.4 is 0 Å². The fourth-order valence-electron chi connectivity index (χ4n) is 11.3. The van der Waals surface area contributed by atoms with Crippen LogP contribution in [0.25, 0.3) is 133 Å². The smallest absolute Gasteiger partial charge is 0.337 e. The van der Waals surface area contributed by atoms with Gasteiger partial charge in [0.1, 0.15) is 0 Å². The Hall–Kier alpha value is -10.7. The van der Waals surface area contributed by atoms with E-state index >= 15 is 0 Å². The summed E-state index contributed by atoms with van der Waals surface area (Å²) in [4.78, 5) is 71.8. The molecule has 386 valence electrons. The lowest BCUT2D eigenvalue weighted by Gasteiger charge is -2.10. The topological polar surface area (TPSA) is 163 Å². The van der Waals surface area contributed by atoms with Gasteiger partial charge in [-0.1, -0.05) is 146 Å². The highest BCUT2D eigenvalue weighted by atomic mass is 16.5. The molecule has 2 aliphatic heterocycles. The van der Waals surface area contributed by atoms with E-state index in [4.69, 9.17) is 28.9 Å². The van der Waals surface area contributed by atoms with E-state index in [0.29, 0.717) is 45.0 Å². The first-order valence-electron chi connectivity index (χ1n) is 25.8. The Morgan fingerprint density at radius 3 is 0.688 bits per heavy atom. The summed E-state index contributed by atoms with van der Waals surface area (Å²) in [6, 6.07) is 62.1. The normalized spacial score (nSPS) is 11.4. The van der Waals surface area contributed by atoms with Gasteiger partial charge in [-0.05, 0) is 70.8 Å². The number of esters is 4. The number of ether oxygens (including phenoxy) is 4. The second kappa shape index (κ2) is 19.7. The van der Waals surface area contributed by atoms with Crippen LogP contribution in [0.5, 0.6) is 0 Å². The Bertz CT molecular complexity index is 4000. The van der Waals surface area contributed by atoms with E-state index in [1.165, 1.54) is 28.4 Å². The van der Waals surface area contributed by atoms with Crippen LogP contribution in [-0.4, -0.2) is 72.3 Å². The van der Waals surface area contributed by atoms with Crippen molar-refractivity contribution in [3.05, 3.63) is 216 Å². The number of H-pyrrole nitrogens is 2. The van der Waals surface area contributed by atoms with Crippen LogP contribution in [0, 0.1) is 0 Å². The van der Waals surface area contributed by atoms with E-state index < -0.39 is 23.9 Å². The first-order chi connectivity index (χ1) is 39.2. The van der Waals surface area contributed by atoms with Gasteiger partial charge in [-0.25, -0.2) is 29.1 Å². The van der Waals surface area contributed by atoms with Crippen LogP contribution in [0.3, 0.4) is 0 Å².